The van der Waals surface area contributed by atoms with Gasteiger partial charge in [0.05, 0.1) is 4.92 Å². The van der Waals surface area contributed by atoms with E-state index in [1.54, 1.807) is 27.1 Å². The van der Waals surface area contributed by atoms with E-state index in [1.165, 1.54) is 11.0 Å². The van der Waals surface area contributed by atoms with Crippen LogP contribution in [0.3, 0.4) is 0 Å². The van der Waals surface area contributed by atoms with Crippen molar-refractivity contribution < 1.29 is 9.72 Å². The lowest BCUT2D eigenvalue weighted by atomic mass is 10.3. The number of hydrogen-bond acceptors (Lipinski definition) is 5. The van der Waals surface area contributed by atoms with E-state index in [-0.39, 0.29) is 11.7 Å². The van der Waals surface area contributed by atoms with E-state index in [0.717, 1.165) is 0 Å². The van der Waals surface area contributed by atoms with Gasteiger partial charge in [-0.15, -0.1) is 0 Å². The average Bonchev–Trinajstić information content (AvgIpc) is 2.33. The number of hydrogen-bond donors (Lipinski definition) is 2. The molecule has 1 rings (SSSR count). The van der Waals surface area contributed by atoms with Crippen molar-refractivity contribution in [2.45, 2.75) is 6.92 Å². The van der Waals surface area contributed by atoms with Crippen LogP contribution in [0.4, 0.5) is 16.3 Å². The minimum absolute atomic E-state index is 0.00791. The van der Waals surface area contributed by atoms with Gasteiger partial charge in [0.2, 0.25) is 0 Å². The molecule has 0 radical (unpaired) electrons. The van der Waals surface area contributed by atoms with E-state index in [4.69, 9.17) is 0 Å². The fourth-order valence-corrected chi connectivity index (χ4v) is 1.36. The Balaban J connectivity index is 2.44. The topological polar surface area (TPSA) is 100 Å². The zero-order valence-electron chi connectivity index (χ0n) is 11.1. The van der Waals surface area contributed by atoms with E-state index in [2.05, 4.69) is 15.6 Å². The van der Waals surface area contributed by atoms with Crippen LogP contribution in [0.25, 0.3) is 0 Å². The Morgan fingerprint density at radius 3 is 2.63 bits per heavy atom. The van der Waals surface area contributed by atoms with E-state index in [0.29, 0.717) is 24.6 Å². The third-order valence-corrected chi connectivity index (χ3v) is 2.37. The minimum Gasteiger partial charge on any atom is -0.368 e. The molecule has 2 amide bonds. The molecule has 0 saturated carbocycles. The standard InChI is InChI=1S/C11H17N5O3/c1-8-9(16(18)19)4-5-10(14-8)12-6-7-13-11(17)15(2)3/h4-5H,6-7H2,1-3H3,(H,12,14)(H,13,17). The molecule has 8 heteroatoms. The molecule has 0 aliphatic rings. The molecule has 0 aliphatic carbocycles. The SMILES string of the molecule is Cc1nc(NCCNC(=O)N(C)C)ccc1[N+](=O)[O-]. The molecule has 19 heavy (non-hydrogen) atoms. The summed E-state index contributed by atoms with van der Waals surface area (Å²) in [5.74, 6) is 0.544. The lowest BCUT2D eigenvalue weighted by Gasteiger charge is -2.12. The van der Waals surface area contributed by atoms with Crippen LogP contribution in [0.15, 0.2) is 12.1 Å². The number of aromatic nitrogens is 1. The summed E-state index contributed by atoms with van der Waals surface area (Å²) in [7, 11) is 3.31. The van der Waals surface area contributed by atoms with Gasteiger partial charge in [-0.25, -0.2) is 9.78 Å². The summed E-state index contributed by atoms with van der Waals surface area (Å²) in [6.45, 7) is 2.51. The molecule has 2 N–H and O–H groups in total. The maximum atomic E-state index is 11.2. The van der Waals surface area contributed by atoms with Gasteiger partial charge in [0.15, 0.2) is 0 Å². The monoisotopic (exact) mass is 267 g/mol. The second-order valence-corrected chi connectivity index (χ2v) is 4.11. The van der Waals surface area contributed by atoms with Crippen molar-refractivity contribution in [3.8, 4) is 0 Å². The summed E-state index contributed by atoms with van der Waals surface area (Å²) in [6, 6.07) is 2.77. The summed E-state index contributed by atoms with van der Waals surface area (Å²) in [5, 5.41) is 16.3. The van der Waals surface area contributed by atoms with Crippen molar-refractivity contribution in [1.82, 2.24) is 15.2 Å². The molecule has 1 aromatic heterocycles. The molecule has 0 aromatic carbocycles. The third-order valence-electron chi connectivity index (χ3n) is 2.37. The Morgan fingerprint density at radius 1 is 1.42 bits per heavy atom. The first-order chi connectivity index (χ1) is 8.91. The summed E-state index contributed by atoms with van der Waals surface area (Å²) >= 11 is 0. The van der Waals surface area contributed by atoms with Crippen LogP contribution >= 0.6 is 0 Å². The minimum atomic E-state index is -0.469. The van der Waals surface area contributed by atoms with Crippen molar-refractivity contribution in [3.63, 3.8) is 0 Å². The number of nitrogens with zero attached hydrogens (tertiary/aromatic N) is 3. The van der Waals surface area contributed by atoms with Crippen LogP contribution in [0, 0.1) is 17.0 Å². The number of pyridine rings is 1. The Labute approximate surface area is 111 Å². The number of anilines is 1. The van der Waals surface area contributed by atoms with Crippen LogP contribution in [0.1, 0.15) is 5.69 Å². The average molecular weight is 267 g/mol. The van der Waals surface area contributed by atoms with E-state index in [1.807, 2.05) is 0 Å². The Kier molecular flexibility index (Phi) is 5.04. The number of nitrogens with one attached hydrogen (secondary N) is 2. The normalized spacial score (nSPS) is 9.84. The first-order valence-electron chi connectivity index (χ1n) is 5.73. The fourth-order valence-electron chi connectivity index (χ4n) is 1.36. The van der Waals surface area contributed by atoms with Gasteiger partial charge in [0.1, 0.15) is 11.5 Å². The van der Waals surface area contributed by atoms with Gasteiger partial charge in [0, 0.05) is 33.3 Å². The lowest BCUT2D eigenvalue weighted by molar-refractivity contribution is -0.385. The number of carbonyl (C=O) groups is 1. The van der Waals surface area contributed by atoms with Crippen LogP contribution in [0.5, 0.6) is 0 Å². The molecular weight excluding hydrogens is 250 g/mol. The first-order valence-corrected chi connectivity index (χ1v) is 5.73. The highest BCUT2D eigenvalue weighted by Gasteiger charge is 2.11. The molecular formula is C11H17N5O3. The summed E-state index contributed by atoms with van der Waals surface area (Å²) in [4.78, 5) is 26.9. The van der Waals surface area contributed by atoms with Crippen LogP contribution < -0.4 is 10.6 Å². The fraction of sp³-hybridized carbons (Fsp3) is 0.455. The Hall–Kier alpha value is -2.38. The highest BCUT2D eigenvalue weighted by atomic mass is 16.6. The van der Waals surface area contributed by atoms with Gasteiger partial charge >= 0.3 is 6.03 Å². The van der Waals surface area contributed by atoms with Crippen LogP contribution in [-0.4, -0.2) is 48.0 Å². The van der Waals surface area contributed by atoms with E-state index in [9.17, 15) is 14.9 Å². The molecule has 1 aromatic rings. The number of nitro groups is 1. The quantitative estimate of drug-likeness (QED) is 0.470. The predicted molar refractivity (Wildman–Crippen MR) is 71.2 cm³/mol. The summed E-state index contributed by atoms with van der Waals surface area (Å²) in [5.41, 5.74) is 0.346. The summed E-state index contributed by atoms with van der Waals surface area (Å²) < 4.78 is 0. The number of amides is 2. The Bertz CT molecular complexity index is 475. The molecule has 0 aliphatic heterocycles. The molecule has 0 unspecified atom stereocenters. The second kappa shape index (κ2) is 6.53. The molecule has 0 bridgehead atoms. The molecule has 8 nitrogen and oxygen atoms in total. The Morgan fingerprint density at radius 2 is 2.11 bits per heavy atom. The molecule has 104 valence electrons. The van der Waals surface area contributed by atoms with Crippen LogP contribution in [-0.2, 0) is 0 Å². The van der Waals surface area contributed by atoms with Gasteiger partial charge in [-0.05, 0) is 13.0 Å². The summed E-state index contributed by atoms with van der Waals surface area (Å²) in [6.07, 6.45) is 0. The highest BCUT2D eigenvalue weighted by Crippen LogP contribution is 2.17. The number of urea groups is 1. The van der Waals surface area contributed by atoms with Gasteiger partial charge in [-0.1, -0.05) is 0 Å². The van der Waals surface area contributed by atoms with Crippen molar-refractivity contribution in [1.29, 1.82) is 0 Å². The largest absolute Gasteiger partial charge is 0.368 e. The number of rotatable bonds is 5. The molecule has 0 spiro atoms. The lowest BCUT2D eigenvalue weighted by Crippen LogP contribution is -2.37. The van der Waals surface area contributed by atoms with E-state index < -0.39 is 4.92 Å². The molecule has 0 fully saturated rings. The molecule has 1 heterocycles. The van der Waals surface area contributed by atoms with Crippen molar-refractivity contribution in [2.24, 2.45) is 0 Å². The third kappa shape index (κ3) is 4.41. The zero-order valence-corrected chi connectivity index (χ0v) is 11.1. The van der Waals surface area contributed by atoms with Crippen molar-refractivity contribution in [2.75, 3.05) is 32.5 Å². The van der Waals surface area contributed by atoms with Crippen molar-refractivity contribution in [3.05, 3.63) is 27.9 Å². The van der Waals surface area contributed by atoms with Crippen LogP contribution in [0.2, 0.25) is 0 Å². The second-order valence-electron chi connectivity index (χ2n) is 4.11. The highest BCUT2D eigenvalue weighted by molar-refractivity contribution is 5.73. The van der Waals surface area contributed by atoms with Crippen molar-refractivity contribution >= 4 is 17.5 Å². The van der Waals surface area contributed by atoms with Gasteiger partial charge in [-0.2, -0.15) is 0 Å². The van der Waals surface area contributed by atoms with Gasteiger partial charge < -0.3 is 15.5 Å². The number of aryl methyl sites for hydroxylation is 1. The molecule has 0 saturated heterocycles. The maximum Gasteiger partial charge on any atom is 0.316 e. The molecule has 0 atom stereocenters. The zero-order chi connectivity index (χ0) is 14.4. The van der Waals surface area contributed by atoms with E-state index >= 15 is 0 Å². The predicted octanol–water partition coefficient (Wildman–Crippen LogP) is 0.981. The van der Waals surface area contributed by atoms with Gasteiger partial charge in [0.25, 0.3) is 5.69 Å². The number of carbonyl (C=O) groups excluding carboxylic acids is 1. The van der Waals surface area contributed by atoms with Gasteiger partial charge in [-0.3, -0.25) is 10.1 Å². The first kappa shape index (κ1) is 14.7. The smallest absolute Gasteiger partial charge is 0.316 e. The maximum absolute atomic E-state index is 11.2.